The Kier molecular flexibility index (Phi) is 2.76. The van der Waals surface area contributed by atoms with Crippen LogP contribution in [0.3, 0.4) is 0 Å². The highest BCUT2D eigenvalue weighted by atomic mass is 16.5. The molecule has 3 rings (SSSR count). The van der Waals surface area contributed by atoms with Gasteiger partial charge in [-0.2, -0.15) is 0 Å². The Hall–Kier alpha value is -1.88. The van der Waals surface area contributed by atoms with Crippen LogP contribution >= 0.6 is 0 Å². The summed E-state index contributed by atoms with van der Waals surface area (Å²) in [4.78, 5) is 0. The molecule has 18 heavy (non-hydrogen) atoms. The summed E-state index contributed by atoms with van der Waals surface area (Å²) in [5, 5.41) is 8.03. The van der Waals surface area contributed by atoms with Crippen molar-refractivity contribution in [3.8, 4) is 17.2 Å². The molecule has 1 aliphatic rings. The Morgan fingerprint density at radius 1 is 1.39 bits per heavy atom. The van der Waals surface area contributed by atoms with Crippen LogP contribution in [0.25, 0.3) is 11.5 Å². The molecule has 0 amide bonds. The molecule has 5 nitrogen and oxygen atoms in total. The van der Waals surface area contributed by atoms with Crippen LogP contribution in [0.2, 0.25) is 0 Å². The summed E-state index contributed by atoms with van der Waals surface area (Å²) in [5.74, 6) is 1.96. The van der Waals surface area contributed by atoms with E-state index >= 15 is 0 Å². The fourth-order valence-electron chi connectivity index (χ4n) is 2.00. The third kappa shape index (κ3) is 1.86. The molecule has 0 fully saturated rings. The molecule has 1 aromatic carbocycles. The van der Waals surface area contributed by atoms with Crippen molar-refractivity contribution in [3.63, 3.8) is 0 Å². The van der Waals surface area contributed by atoms with Crippen molar-refractivity contribution in [2.75, 3.05) is 6.61 Å². The highest BCUT2D eigenvalue weighted by Gasteiger charge is 2.17. The summed E-state index contributed by atoms with van der Waals surface area (Å²) in [6.07, 6.45) is 1.71. The van der Waals surface area contributed by atoms with Gasteiger partial charge in [0.1, 0.15) is 5.75 Å². The fraction of sp³-hybridized carbons (Fsp3) is 0.385. The molecular weight excluding hydrogens is 230 g/mol. The zero-order chi connectivity index (χ0) is 12.5. The summed E-state index contributed by atoms with van der Waals surface area (Å²) >= 11 is 0. The predicted octanol–water partition coefficient (Wildman–Crippen LogP) is 2.08. The minimum absolute atomic E-state index is 0.191. The summed E-state index contributed by atoms with van der Waals surface area (Å²) in [5.41, 5.74) is 7.96. The van der Waals surface area contributed by atoms with Gasteiger partial charge in [0.25, 0.3) is 0 Å². The highest BCUT2D eigenvalue weighted by molar-refractivity contribution is 5.57. The quantitative estimate of drug-likeness (QED) is 0.896. The molecule has 0 spiro atoms. The zero-order valence-electron chi connectivity index (χ0n) is 10.2. The number of ether oxygens (including phenoxy) is 1. The van der Waals surface area contributed by atoms with Gasteiger partial charge in [-0.3, -0.25) is 0 Å². The first-order valence-electron chi connectivity index (χ1n) is 6.13. The molecule has 2 heterocycles. The zero-order valence-corrected chi connectivity index (χ0v) is 10.2. The smallest absolute Gasteiger partial charge is 0.247 e. The lowest BCUT2D eigenvalue weighted by molar-refractivity contribution is 0.357. The number of fused-ring (bicyclic) bond motifs is 1. The van der Waals surface area contributed by atoms with Crippen molar-refractivity contribution < 1.29 is 9.15 Å². The van der Waals surface area contributed by atoms with Crippen molar-refractivity contribution in [1.29, 1.82) is 0 Å². The minimum atomic E-state index is -0.191. The average molecular weight is 245 g/mol. The minimum Gasteiger partial charge on any atom is -0.493 e. The first-order chi connectivity index (χ1) is 8.78. The molecule has 0 radical (unpaired) electrons. The Morgan fingerprint density at radius 2 is 2.28 bits per heavy atom. The molecule has 1 atom stereocenters. The molecule has 1 unspecified atom stereocenters. The van der Waals surface area contributed by atoms with Crippen molar-refractivity contribution >= 4 is 0 Å². The number of hydrogen-bond donors (Lipinski definition) is 1. The number of aromatic nitrogens is 2. The molecule has 0 bridgehead atoms. The van der Waals surface area contributed by atoms with Gasteiger partial charge >= 0.3 is 0 Å². The molecule has 0 aliphatic carbocycles. The molecule has 2 N–H and O–H groups in total. The average Bonchev–Trinajstić information content (AvgIpc) is 3.05. The first-order valence-corrected chi connectivity index (χ1v) is 6.13. The van der Waals surface area contributed by atoms with Crippen LogP contribution < -0.4 is 10.5 Å². The Bertz CT molecular complexity index is 565. The van der Waals surface area contributed by atoms with Gasteiger partial charge in [0.15, 0.2) is 0 Å². The molecule has 1 aromatic heterocycles. The van der Waals surface area contributed by atoms with Crippen LogP contribution in [0.15, 0.2) is 22.6 Å². The molecule has 0 saturated carbocycles. The number of hydrogen-bond acceptors (Lipinski definition) is 5. The number of rotatable bonds is 3. The molecule has 1 aliphatic heterocycles. The monoisotopic (exact) mass is 245 g/mol. The van der Waals surface area contributed by atoms with E-state index in [1.165, 1.54) is 5.56 Å². The molecule has 2 aromatic rings. The van der Waals surface area contributed by atoms with Crippen molar-refractivity contribution in [1.82, 2.24) is 10.2 Å². The van der Waals surface area contributed by atoms with Gasteiger partial charge in [0.05, 0.1) is 12.6 Å². The SMILES string of the molecule is CCC(N)c1nnc(-c2ccc3c(c2)CCO3)o1. The topological polar surface area (TPSA) is 74.2 Å². The maximum atomic E-state index is 5.86. The van der Waals surface area contributed by atoms with Crippen LogP contribution in [-0.2, 0) is 6.42 Å². The van der Waals surface area contributed by atoms with Gasteiger partial charge in [-0.1, -0.05) is 6.92 Å². The van der Waals surface area contributed by atoms with Crippen LogP contribution in [0.4, 0.5) is 0 Å². The van der Waals surface area contributed by atoms with Crippen molar-refractivity contribution in [2.24, 2.45) is 5.73 Å². The third-order valence-electron chi connectivity index (χ3n) is 3.13. The molecular formula is C13H15N3O2. The first kappa shape index (κ1) is 11.2. The van der Waals surface area contributed by atoms with Gasteiger partial charge in [0.2, 0.25) is 11.8 Å². The van der Waals surface area contributed by atoms with Crippen LogP contribution in [0.1, 0.15) is 30.8 Å². The fourth-order valence-corrected chi connectivity index (χ4v) is 2.00. The van der Waals surface area contributed by atoms with Gasteiger partial charge in [-0.15, -0.1) is 10.2 Å². The largest absolute Gasteiger partial charge is 0.493 e. The molecule has 0 saturated heterocycles. The van der Waals surface area contributed by atoms with E-state index in [1.807, 2.05) is 25.1 Å². The maximum absolute atomic E-state index is 5.86. The Morgan fingerprint density at radius 3 is 3.11 bits per heavy atom. The lowest BCUT2D eigenvalue weighted by Crippen LogP contribution is -2.08. The van der Waals surface area contributed by atoms with E-state index in [-0.39, 0.29) is 6.04 Å². The van der Waals surface area contributed by atoms with E-state index in [9.17, 15) is 0 Å². The van der Waals surface area contributed by atoms with Crippen LogP contribution in [0.5, 0.6) is 5.75 Å². The normalized spacial score (nSPS) is 15.2. The summed E-state index contributed by atoms with van der Waals surface area (Å²) in [6, 6.07) is 5.72. The molecule has 5 heteroatoms. The number of nitrogens with zero attached hydrogens (tertiary/aromatic N) is 2. The standard InChI is InChI=1S/C13H15N3O2/c1-2-10(14)13-16-15-12(18-13)9-3-4-11-8(7-9)5-6-17-11/h3-4,7,10H,2,5-6,14H2,1H3. The van der Waals surface area contributed by atoms with E-state index in [4.69, 9.17) is 14.9 Å². The lowest BCUT2D eigenvalue weighted by Gasteiger charge is -2.01. The van der Waals surface area contributed by atoms with Crippen LogP contribution in [-0.4, -0.2) is 16.8 Å². The van der Waals surface area contributed by atoms with Gasteiger partial charge in [-0.05, 0) is 30.2 Å². The lowest BCUT2D eigenvalue weighted by atomic mass is 10.1. The van der Waals surface area contributed by atoms with Gasteiger partial charge in [-0.25, -0.2) is 0 Å². The second-order valence-corrected chi connectivity index (χ2v) is 4.38. The van der Waals surface area contributed by atoms with E-state index in [0.29, 0.717) is 11.8 Å². The van der Waals surface area contributed by atoms with E-state index in [0.717, 1.165) is 30.8 Å². The summed E-state index contributed by atoms with van der Waals surface area (Å²) < 4.78 is 11.1. The number of benzene rings is 1. The Balaban J connectivity index is 1.92. The van der Waals surface area contributed by atoms with Crippen molar-refractivity contribution in [3.05, 3.63) is 29.7 Å². The van der Waals surface area contributed by atoms with Crippen molar-refractivity contribution in [2.45, 2.75) is 25.8 Å². The van der Waals surface area contributed by atoms with Gasteiger partial charge in [0, 0.05) is 12.0 Å². The number of nitrogens with two attached hydrogens (primary N) is 1. The van der Waals surface area contributed by atoms with E-state index in [1.54, 1.807) is 0 Å². The summed E-state index contributed by atoms with van der Waals surface area (Å²) in [7, 11) is 0. The maximum Gasteiger partial charge on any atom is 0.247 e. The van der Waals surface area contributed by atoms with E-state index < -0.39 is 0 Å². The predicted molar refractivity (Wildman–Crippen MR) is 66.2 cm³/mol. The highest BCUT2D eigenvalue weighted by Crippen LogP contribution is 2.30. The van der Waals surface area contributed by atoms with Gasteiger partial charge < -0.3 is 14.9 Å². The summed E-state index contributed by atoms with van der Waals surface area (Å²) in [6.45, 7) is 2.73. The second-order valence-electron chi connectivity index (χ2n) is 4.38. The second kappa shape index (κ2) is 4.42. The molecule has 94 valence electrons. The third-order valence-corrected chi connectivity index (χ3v) is 3.13. The van der Waals surface area contributed by atoms with E-state index in [2.05, 4.69) is 10.2 Å². The Labute approximate surface area is 105 Å². The van der Waals surface area contributed by atoms with Crippen LogP contribution in [0, 0.1) is 0 Å².